The Morgan fingerprint density at radius 1 is 1.44 bits per heavy atom. The Morgan fingerprint density at radius 3 is 3.22 bits per heavy atom. The first-order chi connectivity index (χ1) is 4.39. The molecule has 1 nitrogen and oxygen atoms in total. The molecule has 0 bridgehead atoms. The van der Waals surface area contributed by atoms with Crippen molar-refractivity contribution in [2.45, 2.75) is 25.7 Å². The molecule has 0 fully saturated rings. The van der Waals surface area contributed by atoms with Gasteiger partial charge in [-0.15, -0.1) is 5.73 Å². The molecule has 9 heavy (non-hydrogen) atoms. The molecule has 0 amide bonds. The van der Waals surface area contributed by atoms with E-state index in [1.54, 1.807) is 6.08 Å². The van der Waals surface area contributed by atoms with Crippen LogP contribution in [0.3, 0.4) is 0 Å². The van der Waals surface area contributed by atoms with Crippen LogP contribution in [-0.2, 0) is 4.79 Å². The summed E-state index contributed by atoms with van der Waals surface area (Å²) < 4.78 is 0. The maximum atomic E-state index is 10.7. The second-order valence-electron chi connectivity index (χ2n) is 2.23. The van der Waals surface area contributed by atoms with E-state index in [1.165, 1.54) is 0 Å². The van der Waals surface area contributed by atoms with Crippen LogP contribution >= 0.6 is 0 Å². The second-order valence-corrected chi connectivity index (χ2v) is 2.23. The van der Waals surface area contributed by atoms with Crippen molar-refractivity contribution in [1.82, 2.24) is 0 Å². The van der Waals surface area contributed by atoms with Crippen molar-refractivity contribution in [3.05, 3.63) is 17.9 Å². The highest BCUT2D eigenvalue weighted by Crippen LogP contribution is 2.03. The van der Waals surface area contributed by atoms with Crippen molar-refractivity contribution in [3.8, 4) is 0 Å². The molecule has 0 aromatic heterocycles. The summed E-state index contributed by atoms with van der Waals surface area (Å²) >= 11 is 0. The molecule has 0 radical (unpaired) electrons. The summed E-state index contributed by atoms with van der Waals surface area (Å²) in [6.07, 6.45) is 7.42. The van der Waals surface area contributed by atoms with Crippen LogP contribution in [-0.4, -0.2) is 5.78 Å². The third-order valence-corrected chi connectivity index (χ3v) is 1.38. The first-order valence-electron chi connectivity index (χ1n) is 3.33. The fraction of sp³-hybridized carbons (Fsp3) is 0.500. The number of ketones is 1. The summed E-state index contributed by atoms with van der Waals surface area (Å²) in [6, 6.07) is 0. The minimum absolute atomic E-state index is 0.214. The highest BCUT2D eigenvalue weighted by molar-refractivity contribution is 5.89. The minimum atomic E-state index is 0.214. The van der Waals surface area contributed by atoms with Gasteiger partial charge < -0.3 is 0 Å². The van der Waals surface area contributed by atoms with Crippen LogP contribution in [0.4, 0.5) is 0 Å². The normalized spacial score (nSPS) is 19.3. The van der Waals surface area contributed by atoms with Gasteiger partial charge >= 0.3 is 0 Å². The largest absolute Gasteiger partial charge is 0.294 e. The van der Waals surface area contributed by atoms with E-state index < -0.39 is 0 Å². The van der Waals surface area contributed by atoms with Crippen molar-refractivity contribution in [2.24, 2.45) is 0 Å². The molecule has 0 aliphatic heterocycles. The summed E-state index contributed by atoms with van der Waals surface area (Å²) in [5, 5.41) is 0. The molecule has 0 aromatic carbocycles. The Kier molecular flexibility index (Phi) is 2.29. The predicted molar refractivity (Wildman–Crippen MR) is 36.1 cm³/mol. The highest BCUT2D eigenvalue weighted by atomic mass is 16.1. The molecular weight excluding hydrogens is 112 g/mol. The fourth-order valence-corrected chi connectivity index (χ4v) is 0.853. The number of hydrogen-bond acceptors (Lipinski definition) is 1. The molecule has 1 rings (SSSR count). The van der Waals surface area contributed by atoms with Gasteiger partial charge in [0, 0.05) is 12.5 Å². The predicted octanol–water partition coefficient (Wildman–Crippen LogP) is 1.84. The van der Waals surface area contributed by atoms with E-state index in [0.29, 0.717) is 6.42 Å². The van der Waals surface area contributed by atoms with Gasteiger partial charge in [-0.1, -0.05) is 0 Å². The van der Waals surface area contributed by atoms with Crippen LogP contribution in [0.5, 0.6) is 0 Å². The average Bonchev–Trinajstić information content (AvgIpc) is 1.79. The second kappa shape index (κ2) is 3.26. The van der Waals surface area contributed by atoms with Gasteiger partial charge in [0.1, 0.15) is 0 Å². The van der Waals surface area contributed by atoms with Gasteiger partial charge in [0.15, 0.2) is 5.78 Å². The van der Waals surface area contributed by atoms with Crippen molar-refractivity contribution in [1.29, 1.82) is 0 Å². The third kappa shape index (κ3) is 2.29. The molecule has 0 atom stereocenters. The lowest BCUT2D eigenvalue weighted by atomic mass is 10.1. The molecule has 1 heteroatoms. The first kappa shape index (κ1) is 6.31. The summed E-state index contributed by atoms with van der Waals surface area (Å²) in [6.45, 7) is 0. The molecule has 0 aromatic rings. The molecule has 0 heterocycles. The summed E-state index contributed by atoms with van der Waals surface area (Å²) in [7, 11) is 0. The van der Waals surface area contributed by atoms with Gasteiger partial charge in [0.25, 0.3) is 0 Å². The maximum Gasteiger partial charge on any atom is 0.163 e. The van der Waals surface area contributed by atoms with Crippen molar-refractivity contribution < 1.29 is 4.79 Å². The lowest BCUT2D eigenvalue weighted by Gasteiger charge is -1.95. The van der Waals surface area contributed by atoms with Crippen LogP contribution in [0.15, 0.2) is 17.9 Å². The van der Waals surface area contributed by atoms with E-state index in [0.717, 1.165) is 19.3 Å². The van der Waals surface area contributed by atoms with Crippen molar-refractivity contribution in [3.63, 3.8) is 0 Å². The lowest BCUT2D eigenvalue weighted by molar-refractivity contribution is -0.114. The number of carbonyl (C=O) groups is 1. The van der Waals surface area contributed by atoms with Crippen LogP contribution in [0.2, 0.25) is 0 Å². The Morgan fingerprint density at radius 2 is 2.33 bits per heavy atom. The number of carbonyl (C=O) groups excluding carboxylic acids is 1. The SMILES string of the molecule is O=C1C=C=CCCCC1. The van der Waals surface area contributed by atoms with Gasteiger partial charge in [-0.3, -0.25) is 4.79 Å². The van der Waals surface area contributed by atoms with Crippen molar-refractivity contribution in [2.75, 3.05) is 0 Å². The van der Waals surface area contributed by atoms with Gasteiger partial charge in [0.05, 0.1) is 0 Å². The number of hydrogen-bond donors (Lipinski definition) is 0. The zero-order valence-corrected chi connectivity index (χ0v) is 5.39. The standard InChI is InChI=1S/C8H10O/c9-8-6-4-2-1-3-5-7-8/h2,6H,1,3,5,7H2. The van der Waals surface area contributed by atoms with Crippen LogP contribution in [0, 0.1) is 0 Å². The van der Waals surface area contributed by atoms with Crippen LogP contribution < -0.4 is 0 Å². The van der Waals surface area contributed by atoms with E-state index in [9.17, 15) is 4.79 Å². The highest BCUT2D eigenvalue weighted by Gasteiger charge is 1.96. The Balaban J connectivity index is 2.58. The van der Waals surface area contributed by atoms with E-state index >= 15 is 0 Å². The topological polar surface area (TPSA) is 17.1 Å². The Bertz CT molecular complexity index is 161. The fourth-order valence-electron chi connectivity index (χ4n) is 0.853. The molecule has 0 spiro atoms. The smallest absolute Gasteiger partial charge is 0.163 e. The average molecular weight is 122 g/mol. The first-order valence-corrected chi connectivity index (χ1v) is 3.33. The Labute approximate surface area is 55.1 Å². The zero-order chi connectivity index (χ0) is 6.53. The minimum Gasteiger partial charge on any atom is -0.294 e. The Hall–Kier alpha value is -0.810. The van der Waals surface area contributed by atoms with Crippen LogP contribution in [0.25, 0.3) is 0 Å². The molecule has 0 N–H and O–H groups in total. The molecule has 1 aliphatic rings. The molecule has 0 saturated heterocycles. The molecule has 0 unspecified atom stereocenters. The summed E-state index contributed by atoms with van der Waals surface area (Å²) in [5.74, 6) is 0.214. The van der Waals surface area contributed by atoms with E-state index in [4.69, 9.17) is 0 Å². The lowest BCUT2D eigenvalue weighted by Crippen LogP contribution is -1.92. The van der Waals surface area contributed by atoms with E-state index in [2.05, 4.69) is 5.73 Å². The molecule has 0 saturated carbocycles. The quantitative estimate of drug-likeness (QED) is 0.448. The number of allylic oxidation sites excluding steroid dienone is 1. The monoisotopic (exact) mass is 122 g/mol. The summed E-state index contributed by atoms with van der Waals surface area (Å²) in [4.78, 5) is 10.7. The number of rotatable bonds is 0. The zero-order valence-electron chi connectivity index (χ0n) is 5.39. The molecule has 48 valence electrons. The van der Waals surface area contributed by atoms with Crippen molar-refractivity contribution >= 4 is 5.78 Å². The maximum absolute atomic E-state index is 10.7. The van der Waals surface area contributed by atoms with Gasteiger partial charge in [-0.05, 0) is 25.3 Å². The van der Waals surface area contributed by atoms with Gasteiger partial charge in [0.2, 0.25) is 0 Å². The third-order valence-electron chi connectivity index (χ3n) is 1.38. The summed E-state index contributed by atoms with van der Waals surface area (Å²) in [5.41, 5.74) is 2.84. The molecular formula is C8H10O. The van der Waals surface area contributed by atoms with Crippen LogP contribution in [0.1, 0.15) is 25.7 Å². The van der Waals surface area contributed by atoms with Gasteiger partial charge in [-0.25, -0.2) is 0 Å². The van der Waals surface area contributed by atoms with E-state index in [-0.39, 0.29) is 5.78 Å². The van der Waals surface area contributed by atoms with Gasteiger partial charge in [-0.2, -0.15) is 0 Å². The van der Waals surface area contributed by atoms with E-state index in [1.807, 2.05) is 6.08 Å². The molecule has 1 aliphatic carbocycles.